The van der Waals surface area contributed by atoms with E-state index < -0.39 is 0 Å². The van der Waals surface area contributed by atoms with E-state index in [1.165, 1.54) is 16.8 Å². The van der Waals surface area contributed by atoms with Crippen LogP contribution in [0.3, 0.4) is 0 Å². The Balaban J connectivity index is 1.94. The maximum atomic E-state index is 4.36. The van der Waals surface area contributed by atoms with Crippen LogP contribution >= 0.6 is 0 Å². The van der Waals surface area contributed by atoms with Gasteiger partial charge in [0.2, 0.25) is 0 Å². The lowest BCUT2D eigenvalue weighted by Gasteiger charge is -2.29. The van der Waals surface area contributed by atoms with Gasteiger partial charge in [0.05, 0.1) is 0 Å². The maximum absolute atomic E-state index is 4.36. The minimum atomic E-state index is -0.0181. The average Bonchev–Trinajstić information content (AvgIpc) is 2.64. The van der Waals surface area contributed by atoms with E-state index in [1.54, 1.807) is 0 Å². The predicted octanol–water partition coefficient (Wildman–Crippen LogP) is 3.32. The second-order valence-electron chi connectivity index (χ2n) is 5.64. The normalized spacial score (nSPS) is 24.9. The molecular formula is C16H19N3. The summed E-state index contributed by atoms with van der Waals surface area (Å²) in [5.41, 5.74) is 4.03. The van der Waals surface area contributed by atoms with Crippen LogP contribution in [0.1, 0.15) is 36.7 Å². The van der Waals surface area contributed by atoms with Gasteiger partial charge in [0, 0.05) is 36.0 Å². The highest BCUT2D eigenvalue weighted by Crippen LogP contribution is 2.45. The molecule has 3 heteroatoms. The number of aryl methyl sites for hydroxylation is 1. The number of anilines is 1. The molecule has 0 saturated carbocycles. The standard InChI is InChI=1S/C16H19N3/c1-11-6-4-7-13-15(11)12(2)16(3,19-13)10-14-17-8-5-9-18-14/h4-9,12,19H,10H2,1-3H3. The molecule has 1 aromatic heterocycles. The number of hydrogen-bond donors (Lipinski definition) is 1. The molecule has 0 fully saturated rings. The largest absolute Gasteiger partial charge is 0.379 e. The van der Waals surface area contributed by atoms with E-state index in [0.717, 1.165) is 12.2 Å². The second-order valence-corrected chi connectivity index (χ2v) is 5.64. The van der Waals surface area contributed by atoms with Crippen LogP contribution in [0.4, 0.5) is 5.69 Å². The molecule has 1 aromatic carbocycles. The van der Waals surface area contributed by atoms with Gasteiger partial charge in [-0.2, -0.15) is 0 Å². The summed E-state index contributed by atoms with van der Waals surface area (Å²) in [4.78, 5) is 8.71. The van der Waals surface area contributed by atoms with Crippen molar-refractivity contribution >= 4 is 5.69 Å². The third kappa shape index (κ3) is 1.99. The molecule has 3 nitrogen and oxygen atoms in total. The summed E-state index contributed by atoms with van der Waals surface area (Å²) in [5, 5.41) is 3.67. The van der Waals surface area contributed by atoms with Gasteiger partial charge >= 0.3 is 0 Å². The van der Waals surface area contributed by atoms with E-state index in [4.69, 9.17) is 0 Å². The van der Waals surface area contributed by atoms with E-state index in [1.807, 2.05) is 18.5 Å². The minimum Gasteiger partial charge on any atom is -0.379 e. The molecule has 3 rings (SSSR count). The van der Waals surface area contributed by atoms with Crippen LogP contribution in [-0.4, -0.2) is 15.5 Å². The summed E-state index contributed by atoms with van der Waals surface area (Å²) in [5.74, 6) is 1.35. The van der Waals surface area contributed by atoms with Crippen LogP contribution in [-0.2, 0) is 6.42 Å². The Bertz CT molecular complexity index is 594. The fraction of sp³-hybridized carbons (Fsp3) is 0.375. The third-order valence-electron chi connectivity index (χ3n) is 4.28. The van der Waals surface area contributed by atoms with Gasteiger partial charge in [-0.25, -0.2) is 9.97 Å². The van der Waals surface area contributed by atoms with Gasteiger partial charge in [-0.3, -0.25) is 0 Å². The first-order valence-corrected chi connectivity index (χ1v) is 6.74. The summed E-state index contributed by atoms with van der Waals surface area (Å²) in [6.45, 7) is 6.73. The SMILES string of the molecule is Cc1cccc2c1C(C)C(C)(Cc1ncccn1)N2. The van der Waals surface area contributed by atoms with Crippen molar-refractivity contribution in [1.29, 1.82) is 0 Å². The van der Waals surface area contributed by atoms with Crippen LogP contribution in [0.15, 0.2) is 36.7 Å². The van der Waals surface area contributed by atoms with Crippen molar-refractivity contribution in [3.05, 3.63) is 53.6 Å². The Morgan fingerprint density at radius 1 is 1.21 bits per heavy atom. The molecule has 2 heterocycles. The zero-order valence-corrected chi connectivity index (χ0v) is 11.6. The molecule has 0 saturated heterocycles. The van der Waals surface area contributed by atoms with Gasteiger partial charge in [0.15, 0.2) is 0 Å². The Labute approximate surface area is 114 Å². The van der Waals surface area contributed by atoms with Gasteiger partial charge in [0.25, 0.3) is 0 Å². The molecule has 1 aliphatic rings. The number of benzene rings is 1. The average molecular weight is 253 g/mol. The second kappa shape index (κ2) is 4.34. The van der Waals surface area contributed by atoms with Crippen molar-refractivity contribution in [3.8, 4) is 0 Å². The van der Waals surface area contributed by atoms with Crippen molar-refractivity contribution in [2.45, 2.75) is 38.6 Å². The molecule has 0 radical (unpaired) electrons. The molecule has 1 aliphatic heterocycles. The first-order chi connectivity index (χ1) is 9.10. The zero-order chi connectivity index (χ0) is 13.5. The topological polar surface area (TPSA) is 37.8 Å². The van der Waals surface area contributed by atoms with E-state index in [2.05, 4.69) is 54.3 Å². The molecule has 0 aliphatic carbocycles. The van der Waals surface area contributed by atoms with Crippen molar-refractivity contribution in [2.24, 2.45) is 0 Å². The number of nitrogens with one attached hydrogen (secondary N) is 1. The van der Waals surface area contributed by atoms with E-state index in [0.29, 0.717) is 5.92 Å². The molecule has 19 heavy (non-hydrogen) atoms. The van der Waals surface area contributed by atoms with Gasteiger partial charge in [0.1, 0.15) is 5.82 Å². The highest BCUT2D eigenvalue weighted by molar-refractivity contribution is 5.64. The first kappa shape index (κ1) is 12.2. The summed E-state index contributed by atoms with van der Waals surface area (Å²) in [7, 11) is 0. The number of nitrogens with zero attached hydrogens (tertiary/aromatic N) is 2. The lowest BCUT2D eigenvalue weighted by molar-refractivity contribution is 0.443. The van der Waals surface area contributed by atoms with E-state index in [-0.39, 0.29) is 5.54 Å². The highest BCUT2D eigenvalue weighted by Gasteiger charge is 2.40. The lowest BCUT2D eigenvalue weighted by Crippen LogP contribution is -2.38. The van der Waals surface area contributed by atoms with Crippen LogP contribution in [0, 0.1) is 6.92 Å². The molecule has 0 bridgehead atoms. The monoisotopic (exact) mass is 253 g/mol. The van der Waals surface area contributed by atoms with E-state index in [9.17, 15) is 0 Å². The Hall–Kier alpha value is -1.90. The molecule has 0 spiro atoms. The van der Waals surface area contributed by atoms with Crippen LogP contribution in [0.25, 0.3) is 0 Å². The third-order valence-corrected chi connectivity index (χ3v) is 4.28. The highest BCUT2D eigenvalue weighted by atomic mass is 15.0. The van der Waals surface area contributed by atoms with Crippen molar-refractivity contribution in [3.63, 3.8) is 0 Å². The number of rotatable bonds is 2. The lowest BCUT2D eigenvalue weighted by atomic mass is 9.81. The van der Waals surface area contributed by atoms with Crippen LogP contribution in [0.2, 0.25) is 0 Å². The van der Waals surface area contributed by atoms with Crippen LogP contribution < -0.4 is 5.32 Å². The Morgan fingerprint density at radius 2 is 1.95 bits per heavy atom. The molecule has 2 unspecified atom stereocenters. The van der Waals surface area contributed by atoms with Crippen molar-refractivity contribution < 1.29 is 0 Å². The van der Waals surface area contributed by atoms with E-state index >= 15 is 0 Å². The van der Waals surface area contributed by atoms with Crippen LogP contribution in [0.5, 0.6) is 0 Å². The molecular weight excluding hydrogens is 234 g/mol. The quantitative estimate of drug-likeness (QED) is 0.892. The summed E-state index contributed by atoms with van der Waals surface area (Å²) in [6.07, 6.45) is 4.45. The molecule has 1 N–H and O–H groups in total. The Morgan fingerprint density at radius 3 is 2.63 bits per heavy atom. The smallest absolute Gasteiger partial charge is 0.130 e. The summed E-state index contributed by atoms with van der Waals surface area (Å²) < 4.78 is 0. The van der Waals surface area contributed by atoms with Gasteiger partial charge in [-0.15, -0.1) is 0 Å². The maximum Gasteiger partial charge on any atom is 0.130 e. The number of fused-ring (bicyclic) bond motifs is 1. The molecule has 0 amide bonds. The predicted molar refractivity (Wildman–Crippen MR) is 77.4 cm³/mol. The number of hydrogen-bond acceptors (Lipinski definition) is 3. The molecule has 98 valence electrons. The summed E-state index contributed by atoms with van der Waals surface area (Å²) >= 11 is 0. The first-order valence-electron chi connectivity index (χ1n) is 6.74. The van der Waals surface area contributed by atoms with Gasteiger partial charge in [-0.1, -0.05) is 19.1 Å². The summed E-state index contributed by atoms with van der Waals surface area (Å²) in [6, 6.07) is 8.31. The zero-order valence-electron chi connectivity index (χ0n) is 11.6. The van der Waals surface area contributed by atoms with Crippen molar-refractivity contribution in [2.75, 3.05) is 5.32 Å². The minimum absolute atomic E-state index is 0.0181. The molecule has 2 aromatic rings. The van der Waals surface area contributed by atoms with Crippen molar-refractivity contribution in [1.82, 2.24) is 9.97 Å². The fourth-order valence-corrected chi connectivity index (χ4v) is 3.05. The fourth-order valence-electron chi connectivity index (χ4n) is 3.05. The number of aromatic nitrogens is 2. The molecule has 2 atom stereocenters. The van der Waals surface area contributed by atoms with Gasteiger partial charge < -0.3 is 5.32 Å². The van der Waals surface area contributed by atoms with Gasteiger partial charge in [-0.05, 0) is 37.1 Å². The Kier molecular flexibility index (Phi) is 2.77.